The monoisotopic (exact) mass is 295 g/mol. The molecule has 2 aromatic rings. The van der Waals surface area contributed by atoms with Crippen molar-refractivity contribution in [1.29, 1.82) is 0 Å². The molecule has 0 saturated heterocycles. The summed E-state index contributed by atoms with van der Waals surface area (Å²) < 4.78 is 0. The second kappa shape index (κ2) is 5.72. The van der Waals surface area contributed by atoms with Gasteiger partial charge >= 0.3 is 5.00 Å². The first kappa shape index (κ1) is 13.4. The number of nitro groups is 1. The van der Waals surface area contributed by atoms with Gasteiger partial charge in [-0.05, 0) is 19.1 Å². The summed E-state index contributed by atoms with van der Waals surface area (Å²) in [4.78, 5) is 26.4. The Morgan fingerprint density at radius 1 is 1.53 bits per heavy atom. The number of nitrogens with zero attached hydrogens (tertiary/aromatic N) is 2. The normalized spacial score (nSPS) is 10.8. The van der Waals surface area contributed by atoms with E-state index in [1.165, 1.54) is 29.6 Å². The van der Waals surface area contributed by atoms with E-state index in [2.05, 4.69) is 10.3 Å². The van der Waals surface area contributed by atoms with E-state index in [-0.39, 0.29) is 10.9 Å². The lowest BCUT2D eigenvalue weighted by atomic mass is 10.4. The SMILES string of the molecule is Cc1csc(NC(=O)/C=C/c2ccc([N+](=O)[O-])s2)n1. The zero-order valence-electron chi connectivity index (χ0n) is 9.82. The van der Waals surface area contributed by atoms with E-state index in [0.29, 0.717) is 10.0 Å². The van der Waals surface area contributed by atoms with E-state index in [9.17, 15) is 14.9 Å². The van der Waals surface area contributed by atoms with Crippen molar-refractivity contribution in [3.05, 3.63) is 44.3 Å². The highest BCUT2D eigenvalue weighted by atomic mass is 32.1. The Hall–Kier alpha value is -2.06. The summed E-state index contributed by atoms with van der Waals surface area (Å²) >= 11 is 2.36. The predicted octanol–water partition coefficient (Wildman–Crippen LogP) is 3.07. The summed E-state index contributed by atoms with van der Waals surface area (Å²) in [5, 5.41) is 15.5. The smallest absolute Gasteiger partial charge is 0.298 e. The quantitative estimate of drug-likeness (QED) is 0.533. The van der Waals surface area contributed by atoms with Crippen molar-refractivity contribution in [3.8, 4) is 0 Å². The van der Waals surface area contributed by atoms with Crippen LogP contribution in [0.4, 0.5) is 10.1 Å². The standard InChI is InChI=1S/C11H9N3O3S2/c1-7-6-18-11(12-7)13-9(15)4-2-8-3-5-10(19-8)14(16)17/h2-6H,1H3,(H,12,13,15)/b4-2+. The predicted molar refractivity (Wildman–Crippen MR) is 75.5 cm³/mol. The Labute approximate surface area is 116 Å². The van der Waals surface area contributed by atoms with Gasteiger partial charge in [-0.2, -0.15) is 0 Å². The first-order chi connectivity index (χ1) is 9.04. The molecule has 0 bridgehead atoms. The molecule has 2 heterocycles. The molecular formula is C11H9N3O3S2. The molecule has 0 radical (unpaired) electrons. The van der Waals surface area contributed by atoms with Crippen LogP contribution in [0.3, 0.4) is 0 Å². The minimum absolute atomic E-state index is 0.0515. The van der Waals surface area contributed by atoms with Gasteiger partial charge in [0.25, 0.3) is 0 Å². The molecule has 2 aromatic heterocycles. The van der Waals surface area contributed by atoms with Crippen molar-refractivity contribution >= 4 is 44.8 Å². The number of rotatable bonds is 4. The van der Waals surface area contributed by atoms with Crippen LogP contribution in [0.15, 0.2) is 23.6 Å². The van der Waals surface area contributed by atoms with Crippen molar-refractivity contribution in [1.82, 2.24) is 4.98 Å². The summed E-state index contributed by atoms with van der Waals surface area (Å²) in [5.74, 6) is -0.314. The topological polar surface area (TPSA) is 85.1 Å². The Bertz CT molecular complexity index is 645. The Balaban J connectivity index is 1.97. The van der Waals surface area contributed by atoms with E-state index >= 15 is 0 Å². The Morgan fingerprint density at radius 3 is 2.89 bits per heavy atom. The zero-order chi connectivity index (χ0) is 13.8. The minimum atomic E-state index is -0.458. The number of anilines is 1. The van der Waals surface area contributed by atoms with Gasteiger partial charge in [0.2, 0.25) is 5.91 Å². The molecule has 8 heteroatoms. The molecule has 19 heavy (non-hydrogen) atoms. The summed E-state index contributed by atoms with van der Waals surface area (Å²) in [5.41, 5.74) is 0.846. The van der Waals surface area contributed by atoms with E-state index in [0.717, 1.165) is 17.0 Å². The molecule has 0 spiro atoms. The minimum Gasteiger partial charge on any atom is -0.298 e. The molecule has 2 rings (SSSR count). The molecule has 1 N–H and O–H groups in total. The molecule has 98 valence electrons. The van der Waals surface area contributed by atoms with E-state index in [4.69, 9.17) is 0 Å². The molecule has 0 atom stereocenters. The fourth-order valence-electron chi connectivity index (χ4n) is 1.25. The van der Waals surface area contributed by atoms with Crippen molar-refractivity contribution in [2.24, 2.45) is 0 Å². The molecule has 1 amide bonds. The van der Waals surface area contributed by atoms with Gasteiger partial charge in [-0.3, -0.25) is 20.2 Å². The maximum absolute atomic E-state index is 11.6. The van der Waals surface area contributed by atoms with Crippen LogP contribution in [0.5, 0.6) is 0 Å². The highest BCUT2D eigenvalue weighted by Gasteiger charge is 2.08. The number of aromatic nitrogens is 1. The fourth-order valence-corrected chi connectivity index (χ4v) is 2.66. The third-order valence-corrected chi connectivity index (χ3v) is 3.92. The van der Waals surface area contributed by atoms with Crippen LogP contribution < -0.4 is 5.32 Å². The number of aryl methyl sites for hydroxylation is 1. The second-order valence-corrected chi connectivity index (χ2v) is 5.50. The van der Waals surface area contributed by atoms with Gasteiger partial charge in [0.05, 0.1) is 10.6 Å². The van der Waals surface area contributed by atoms with Gasteiger partial charge in [-0.25, -0.2) is 4.98 Å². The van der Waals surface area contributed by atoms with Crippen LogP contribution in [-0.2, 0) is 4.79 Å². The number of amides is 1. The highest BCUT2D eigenvalue weighted by Crippen LogP contribution is 2.24. The van der Waals surface area contributed by atoms with Crippen molar-refractivity contribution in [2.75, 3.05) is 5.32 Å². The van der Waals surface area contributed by atoms with Gasteiger partial charge in [-0.1, -0.05) is 11.3 Å². The number of thiophene rings is 1. The zero-order valence-corrected chi connectivity index (χ0v) is 11.5. The summed E-state index contributed by atoms with van der Waals surface area (Å²) in [6, 6.07) is 3.01. The first-order valence-electron chi connectivity index (χ1n) is 5.20. The summed E-state index contributed by atoms with van der Waals surface area (Å²) in [6.45, 7) is 1.84. The van der Waals surface area contributed by atoms with Crippen molar-refractivity contribution in [3.63, 3.8) is 0 Å². The number of nitrogens with one attached hydrogen (secondary N) is 1. The lowest BCUT2D eigenvalue weighted by molar-refractivity contribution is -0.380. The number of carbonyl (C=O) groups excluding carboxylic acids is 1. The summed E-state index contributed by atoms with van der Waals surface area (Å²) in [6.07, 6.45) is 2.86. The molecule has 0 aliphatic carbocycles. The molecule has 0 aromatic carbocycles. The third kappa shape index (κ3) is 3.70. The Kier molecular flexibility index (Phi) is 4.03. The lowest BCUT2D eigenvalue weighted by Crippen LogP contribution is -2.07. The van der Waals surface area contributed by atoms with Gasteiger partial charge < -0.3 is 0 Å². The summed E-state index contributed by atoms with van der Waals surface area (Å²) in [7, 11) is 0. The molecule has 6 nitrogen and oxygen atoms in total. The second-order valence-electron chi connectivity index (χ2n) is 3.55. The Morgan fingerprint density at radius 2 is 2.32 bits per heavy atom. The van der Waals surface area contributed by atoms with Gasteiger partial charge in [0.1, 0.15) is 0 Å². The van der Waals surface area contributed by atoms with Crippen LogP contribution in [0, 0.1) is 17.0 Å². The molecule has 0 unspecified atom stereocenters. The lowest BCUT2D eigenvalue weighted by Gasteiger charge is -1.94. The maximum Gasteiger partial charge on any atom is 0.324 e. The maximum atomic E-state index is 11.6. The van der Waals surface area contributed by atoms with Crippen LogP contribution in [0.1, 0.15) is 10.6 Å². The average Bonchev–Trinajstić information content (AvgIpc) is 2.96. The van der Waals surface area contributed by atoms with Gasteiger partial charge in [0.15, 0.2) is 5.13 Å². The van der Waals surface area contributed by atoms with Crippen LogP contribution in [0.2, 0.25) is 0 Å². The molecule has 0 aliphatic rings. The first-order valence-corrected chi connectivity index (χ1v) is 6.89. The van der Waals surface area contributed by atoms with Crippen LogP contribution in [-0.4, -0.2) is 15.8 Å². The molecule has 0 aliphatic heterocycles. The third-order valence-electron chi connectivity index (χ3n) is 2.04. The number of hydrogen-bond acceptors (Lipinski definition) is 6. The molecule has 0 saturated carbocycles. The van der Waals surface area contributed by atoms with Gasteiger partial charge in [-0.15, -0.1) is 11.3 Å². The number of thiazole rings is 1. The van der Waals surface area contributed by atoms with E-state index in [1.54, 1.807) is 6.07 Å². The number of carbonyl (C=O) groups is 1. The van der Waals surface area contributed by atoms with Crippen LogP contribution in [0.25, 0.3) is 6.08 Å². The van der Waals surface area contributed by atoms with Crippen molar-refractivity contribution < 1.29 is 9.72 Å². The fraction of sp³-hybridized carbons (Fsp3) is 0.0909. The van der Waals surface area contributed by atoms with E-state index in [1.807, 2.05) is 12.3 Å². The van der Waals surface area contributed by atoms with E-state index < -0.39 is 4.92 Å². The van der Waals surface area contributed by atoms with Gasteiger partial charge in [0, 0.05) is 22.4 Å². The molecular weight excluding hydrogens is 286 g/mol. The largest absolute Gasteiger partial charge is 0.324 e. The van der Waals surface area contributed by atoms with Crippen molar-refractivity contribution in [2.45, 2.75) is 6.92 Å². The highest BCUT2D eigenvalue weighted by molar-refractivity contribution is 7.16. The number of hydrogen-bond donors (Lipinski definition) is 1. The molecule has 0 fully saturated rings. The average molecular weight is 295 g/mol. The van der Waals surface area contributed by atoms with Crippen LogP contribution >= 0.6 is 22.7 Å².